The van der Waals surface area contributed by atoms with Crippen molar-refractivity contribution < 1.29 is 4.74 Å². The van der Waals surface area contributed by atoms with E-state index < -0.39 is 0 Å². The molecule has 1 saturated heterocycles. The predicted octanol–water partition coefficient (Wildman–Crippen LogP) is 4.02. The average Bonchev–Trinajstić information content (AvgIpc) is 2.88. The summed E-state index contributed by atoms with van der Waals surface area (Å²) in [5.41, 5.74) is 1.28. The van der Waals surface area contributed by atoms with E-state index in [4.69, 9.17) is 16.3 Å². The summed E-state index contributed by atoms with van der Waals surface area (Å²) in [7, 11) is 0. The molecule has 1 aromatic rings. The van der Waals surface area contributed by atoms with Gasteiger partial charge in [0.05, 0.1) is 11.6 Å². The second-order valence-corrected chi connectivity index (χ2v) is 6.30. The van der Waals surface area contributed by atoms with E-state index in [2.05, 4.69) is 53.0 Å². The third-order valence-electron chi connectivity index (χ3n) is 3.35. The van der Waals surface area contributed by atoms with Gasteiger partial charge < -0.3 is 10.1 Å². The van der Waals surface area contributed by atoms with Crippen molar-refractivity contribution in [2.75, 3.05) is 19.8 Å². The van der Waals surface area contributed by atoms with Gasteiger partial charge in [-0.3, -0.25) is 0 Å². The van der Waals surface area contributed by atoms with Gasteiger partial charge >= 0.3 is 0 Å². The fourth-order valence-electron chi connectivity index (χ4n) is 2.38. The van der Waals surface area contributed by atoms with Crippen LogP contribution in [0.25, 0.3) is 0 Å². The van der Waals surface area contributed by atoms with Crippen molar-refractivity contribution in [2.45, 2.75) is 25.8 Å². The molecule has 2 unspecified atom stereocenters. The lowest BCUT2D eigenvalue weighted by atomic mass is 9.92. The summed E-state index contributed by atoms with van der Waals surface area (Å²) in [6.07, 6.45) is 2.27. The quantitative estimate of drug-likeness (QED) is 0.780. The van der Waals surface area contributed by atoms with Gasteiger partial charge in [0.2, 0.25) is 0 Å². The van der Waals surface area contributed by atoms with Crippen LogP contribution in [0.4, 0.5) is 0 Å². The molecular formula is C14H19ClINO. The highest BCUT2D eigenvalue weighted by molar-refractivity contribution is 14.1. The molecule has 1 aliphatic heterocycles. The smallest absolute Gasteiger partial charge is 0.0542 e. The lowest BCUT2D eigenvalue weighted by Gasteiger charge is -2.24. The first-order valence-electron chi connectivity index (χ1n) is 6.48. The van der Waals surface area contributed by atoms with Crippen LogP contribution < -0.4 is 5.32 Å². The molecule has 2 atom stereocenters. The Morgan fingerprint density at radius 2 is 2.39 bits per heavy atom. The van der Waals surface area contributed by atoms with Crippen molar-refractivity contribution in [3.8, 4) is 0 Å². The van der Waals surface area contributed by atoms with Crippen LogP contribution in [0.5, 0.6) is 0 Å². The summed E-state index contributed by atoms with van der Waals surface area (Å²) in [5.74, 6) is 0.563. The molecular weight excluding hydrogens is 361 g/mol. The SMILES string of the molecule is CCCNC(c1ccc(I)c(Cl)c1)C1CCOC1. The van der Waals surface area contributed by atoms with Gasteiger partial charge in [-0.15, -0.1) is 0 Å². The zero-order chi connectivity index (χ0) is 13.0. The summed E-state index contributed by atoms with van der Waals surface area (Å²) in [6.45, 7) is 4.96. The van der Waals surface area contributed by atoms with Crippen molar-refractivity contribution in [1.82, 2.24) is 5.32 Å². The van der Waals surface area contributed by atoms with Gasteiger partial charge in [0.15, 0.2) is 0 Å². The van der Waals surface area contributed by atoms with E-state index in [1.165, 1.54) is 5.56 Å². The highest BCUT2D eigenvalue weighted by Gasteiger charge is 2.26. The van der Waals surface area contributed by atoms with E-state index in [1.54, 1.807) is 0 Å². The lowest BCUT2D eigenvalue weighted by molar-refractivity contribution is 0.176. The first kappa shape index (κ1) is 14.6. The van der Waals surface area contributed by atoms with Crippen LogP contribution in [0.3, 0.4) is 0 Å². The summed E-state index contributed by atoms with van der Waals surface area (Å²) >= 11 is 8.50. The number of ether oxygens (including phenoxy) is 1. The molecule has 0 aliphatic carbocycles. The molecule has 1 aliphatic rings. The molecule has 1 fully saturated rings. The standard InChI is InChI=1S/C14H19ClINO/c1-2-6-17-14(11-5-7-18-9-11)10-3-4-13(16)12(15)8-10/h3-4,8,11,14,17H,2,5-7,9H2,1H3. The molecule has 0 amide bonds. The largest absolute Gasteiger partial charge is 0.381 e. The number of benzene rings is 1. The van der Waals surface area contributed by atoms with E-state index in [0.717, 1.165) is 41.2 Å². The second kappa shape index (κ2) is 7.08. The zero-order valence-corrected chi connectivity index (χ0v) is 13.5. The molecule has 1 aromatic carbocycles. The first-order valence-corrected chi connectivity index (χ1v) is 7.94. The van der Waals surface area contributed by atoms with Crippen molar-refractivity contribution >= 4 is 34.2 Å². The first-order chi connectivity index (χ1) is 8.72. The Bertz CT molecular complexity index is 393. The summed E-state index contributed by atoms with van der Waals surface area (Å²) in [5, 5.41) is 4.48. The number of hydrogen-bond donors (Lipinski definition) is 1. The minimum Gasteiger partial charge on any atom is -0.381 e. The number of hydrogen-bond acceptors (Lipinski definition) is 2. The van der Waals surface area contributed by atoms with Crippen LogP contribution in [0.1, 0.15) is 31.4 Å². The Morgan fingerprint density at radius 3 is 3.00 bits per heavy atom. The zero-order valence-electron chi connectivity index (χ0n) is 10.6. The van der Waals surface area contributed by atoms with Crippen LogP contribution >= 0.6 is 34.2 Å². The molecule has 2 nitrogen and oxygen atoms in total. The highest BCUT2D eigenvalue weighted by Crippen LogP contribution is 2.31. The molecule has 0 bridgehead atoms. The predicted molar refractivity (Wildman–Crippen MR) is 84.1 cm³/mol. The molecule has 0 radical (unpaired) electrons. The normalized spacial score (nSPS) is 21.2. The van der Waals surface area contributed by atoms with Crippen LogP contribution in [0.15, 0.2) is 18.2 Å². The molecule has 4 heteroatoms. The Balaban J connectivity index is 2.17. The summed E-state index contributed by atoms with van der Waals surface area (Å²) in [4.78, 5) is 0. The molecule has 2 rings (SSSR count). The topological polar surface area (TPSA) is 21.3 Å². The van der Waals surface area contributed by atoms with Gasteiger partial charge in [0.1, 0.15) is 0 Å². The molecule has 1 heterocycles. The maximum Gasteiger partial charge on any atom is 0.0542 e. The van der Waals surface area contributed by atoms with Crippen LogP contribution in [-0.2, 0) is 4.74 Å². The Kier molecular flexibility index (Phi) is 5.73. The molecule has 1 N–H and O–H groups in total. The average molecular weight is 380 g/mol. The van der Waals surface area contributed by atoms with E-state index in [9.17, 15) is 0 Å². The van der Waals surface area contributed by atoms with Crippen molar-refractivity contribution in [2.24, 2.45) is 5.92 Å². The van der Waals surface area contributed by atoms with Gasteiger partial charge in [0, 0.05) is 22.1 Å². The maximum absolute atomic E-state index is 6.23. The molecule has 0 saturated carbocycles. The maximum atomic E-state index is 6.23. The van der Waals surface area contributed by atoms with Gasteiger partial charge in [-0.2, -0.15) is 0 Å². The van der Waals surface area contributed by atoms with E-state index in [1.807, 2.05) is 0 Å². The highest BCUT2D eigenvalue weighted by atomic mass is 127. The fraction of sp³-hybridized carbons (Fsp3) is 0.571. The van der Waals surface area contributed by atoms with Gasteiger partial charge in [-0.1, -0.05) is 24.6 Å². The van der Waals surface area contributed by atoms with Crippen LogP contribution in [0, 0.1) is 9.49 Å². The molecule has 0 spiro atoms. The number of rotatable bonds is 5. The number of halogens is 2. The van der Waals surface area contributed by atoms with Crippen LogP contribution in [0.2, 0.25) is 5.02 Å². The third kappa shape index (κ3) is 3.59. The van der Waals surface area contributed by atoms with E-state index >= 15 is 0 Å². The Labute approximate surface area is 128 Å². The third-order valence-corrected chi connectivity index (χ3v) is 4.93. The monoisotopic (exact) mass is 379 g/mol. The Hall–Kier alpha value is 0.160. The number of nitrogens with one attached hydrogen (secondary N) is 1. The molecule has 100 valence electrons. The van der Waals surface area contributed by atoms with Gasteiger partial charge in [-0.25, -0.2) is 0 Å². The summed E-state index contributed by atoms with van der Waals surface area (Å²) in [6, 6.07) is 6.73. The van der Waals surface area contributed by atoms with Crippen molar-refractivity contribution in [3.63, 3.8) is 0 Å². The van der Waals surface area contributed by atoms with E-state index in [-0.39, 0.29) is 0 Å². The van der Waals surface area contributed by atoms with Crippen molar-refractivity contribution in [1.29, 1.82) is 0 Å². The fourth-order valence-corrected chi connectivity index (χ4v) is 2.90. The summed E-state index contributed by atoms with van der Waals surface area (Å²) < 4.78 is 6.63. The van der Waals surface area contributed by atoms with Crippen molar-refractivity contribution in [3.05, 3.63) is 32.4 Å². The minimum atomic E-state index is 0.363. The molecule has 18 heavy (non-hydrogen) atoms. The lowest BCUT2D eigenvalue weighted by Crippen LogP contribution is -2.29. The minimum absolute atomic E-state index is 0.363. The van der Waals surface area contributed by atoms with Gasteiger partial charge in [-0.05, 0) is 59.7 Å². The van der Waals surface area contributed by atoms with Crippen LogP contribution in [-0.4, -0.2) is 19.8 Å². The Morgan fingerprint density at radius 1 is 1.56 bits per heavy atom. The molecule has 0 aromatic heterocycles. The van der Waals surface area contributed by atoms with Gasteiger partial charge in [0.25, 0.3) is 0 Å². The second-order valence-electron chi connectivity index (χ2n) is 4.73. The van der Waals surface area contributed by atoms with E-state index in [0.29, 0.717) is 12.0 Å².